The molecule has 0 radical (unpaired) electrons. The predicted molar refractivity (Wildman–Crippen MR) is 209 cm³/mol. The topological polar surface area (TPSA) is 39.1 Å². The second kappa shape index (κ2) is 13.6. The molecule has 0 aliphatic carbocycles. The molecule has 274 valence electrons. The van der Waals surface area contributed by atoms with Gasteiger partial charge in [-0.15, -0.1) is 0 Å². The second-order valence-electron chi connectivity index (χ2n) is 13.5. The Morgan fingerprint density at radius 1 is 0.382 bits per heavy atom. The van der Waals surface area contributed by atoms with Gasteiger partial charge in [-0.3, -0.25) is 0 Å². The summed E-state index contributed by atoms with van der Waals surface area (Å²) in [7, 11) is -9.06. The summed E-state index contributed by atoms with van der Waals surface area (Å²) in [5.74, 6) is -5.70. The second-order valence-corrected chi connectivity index (χ2v) is 19.1. The van der Waals surface area contributed by atoms with Gasteiger partial charge in [-0.2, -0.15) is 0 Å². The number of halogens is 6. The summed E-state index contributed by atoms with van der Waals surface area (Å²) in [4.78, 5) is 0. The molecule has 3 nitrogen and oxygen atoms in total. The highest BCUT2D eigenvalue weighted by Gasteiger charge is 2.37. The predicted octanol–water partition coefficient (Wildman–Crippen LogP) is 9.51. The van der Waals surface area contributed by atoms with Gasteiger partial charge in [-0.05, 0) is 116 Å². The van der Waals surface area contributed by atoms with Gasteiger partial charge in [0.25, 0.3) is 0 Å². The van der Waals surface area contributed by atoms with E-state index in [9.17, 15) is 0 Å². The van der Waals surface area contributed by atoms with Gasteiger partial charge in [-0.1, -0.05) is 36.4 Å². The summed E-state index contributed by atoms with van der Waals surface area (Å²) in [6, 6.07) is 31.3. The van der Waals surface area contributed by atoms with E-state index in [0.29, 0.717) is 34.3 Å². The molecule has 11 heteroatoms. The maximum absolute atomic E-state index is 16.1. The minimum atomic E-state index is -4.53. The van der Waals surface area contributed by atoms with Crippen LogP contribution in [-0.4, -0.2) is 4.57 Å². The van der Waals surface area contributed by atoms with Gasteiger partial charge in [-0.25, -0.2) is 26.3 Å². The van der Waals surface area contributed by atoms with E-state index in [1.165, 1.54) is 42.5 Å². The van der Waals surface area contributed by atoms with Crippen molar-refractivity contribution >= 4 is 67.9 Å². The van der Waals surface area contributed by atoms with E-state index in [1.807, 2.05) is 53.1 Å². The summed E-state index contributed by atoms with van der Waals surface area (Å²) in [5.41, 5.74) is 2.34. The van der Waals surface area contributed by atoms with Crippen molar-refractivity contribution in [3.05, 3.63) is 186 Å². The molecular weight excluding hydrogens is 750 g/mol. The van der Waals surface area contributed by atoms with Gasteiger partial charge in [0.15, 0.2) is 14.3 Å². The number of rotatable bonds is 7. The molecule has 7 aromatic carbocycles. The van der Waals surface area contributed by atoms with Crippen LogP contribution in [0.4, 0.5) is 26.3 Å². The quantitative estimate of drug-likeness (QED) is 0.120. The fourth-order valence-electron chi connectivity index (χ4n) is 7.41. The van der Waals surface area contributed by atoms with Crippen molar-refractivity contribution in [2.45, 2.75) is 13.8 Å². The minimum Gasteiger partial charge on any atom is -0.309 e. The summed E-state index contributed by atoms with van der Waals surface area (Å²) >= 11 is 0. The van der Waals surface area contributed by atoms with Crippen LogP contribution in [-0.2, 0) is 9.13 Å². The van der Waals surface area contributed by atoms with E-state index in [0.717, 1.165) is 47.2 Å². The van der Waals surface area contributed by atoms with E-state index >= 15 is 35.5 Å². The standard InChI is InChI=1S/C44H29F6NO2P2/c1-26-11-28(45)17-35(13-26)54(52,37-19-30(47)15-31(48)20-37)39-23-34(51-43-9-5-3-7-41(43)42-8-4-6-10-44(42)51)24-40(25-39)55(53,36-14-27(2)12-29(46)18-36)38-21-32(49)16-33(50)22-38/h3-25H,1-2H3. The fraction of sp³-hybridized carbons (Fsp3) is 0.0455. The average molecular weight is 780 g/mol. The number of hydrogen-bond donors (Lipinski definition) is 0. The van der Waals surface area contributed by atoms with E-state index in [2.05, 4.69) is 0 Å². The Bertz CT molecular complexity index is 2570. The van der Waals surface area contributed by atoms with Gasteiger partial charge < -0.3 is 13.7 Å². The smallest absolute Gasteiger partial charge is 0.171 e. The highest BCUT2D eigenvalue weighted by atomic mass is 31.2. The summed E-state index contributed by atoms with van der Waals surface area (Å²) in [6.07, 6.45) is 0. The Morgan fingerprint density at radius 2 is 0.691 bits per heavy atom. The van der Waals surface area contributed by atoms with E-state index in [1.54, 1.807) is 13.8 Å². The molecule has 0 aliphatic rings. The normalized spacial score (nSPS) is 13.9. The molecule has 0 amide bonds. The third-order valence-electron chi connectivity index (χ3n) is 9.66. The average Bonchev–Trinajstić information content (AvgIpc) is 3.47. The van der Waals surface area contributed by atoms with Crippen LogP contribution in [0.5, 0.6) is 0 Å². The van der Waals surface area contributed by atoms with Crippen molar-refractivity contribution in [3.8, 4) is 5.69 Å². The van der Waals surface area contributed by atoms with E-state index < -0.39 is 49.2 Å². The first-order valence-corrected chi connectivity index (χ1v) is 20.5. The highest BCUT2D eigenvalue weighted by molar-refractivity contribution is 7.86. The third kappa shape index (κ3) is 6.31. The number of fused-ring (bicyclic) bond motifs is 3. The van der Waals surface area contributed by atoms with Crippen molar-refractivity contribution in [1.82, 2.24) is 4.57 Å². The summed E-state index contributed by atoms with van der Waals surface area (Å²) < 4.78 is 125. The number of aryl methyl sites for hydroxylation is 2. The molecule has 8 rings (SSSR count). The number of nitrogens with zero attached hydrogens (tertiary/aromatic N) is 1. The molecular formula is C44H29F6NO2P2. The van der Waals surface area contributed by atoms with Crippen molar-refractivity contribution in [2.75, 3.05) is 0 Å². The first kappa shape index (κ1) is 36.4. The third-order valence-corrected chi connectivity index (χ3v) is 15.6. The molecule has 2 atom stereocenters. The lowest BCUT2D eigenvalue weighted by atomic mass is 10.2. The van der Waals surface area contributed by atoms with Crippen LogP contribution < -0.4 is 31.8 Å². The molecule has 0 N–H and O–H groups in total. The van der Waals surface area contributed by atoms with E-state index in [-0.39, 0.29) is 37.5 Å². The Labute approximate surface area is 312 Å². The molecule has 0 saturated carbocycles. The van der Waals surface area contributed by atoms with Gasteiger partial charge in [0.2, 0.25) is 0 Å². The zero-order valence-corrected chi connectivity index (χ0v) is 31.0. The summed E-state index contributed by atoms with van der Waals surface area (Å²) in [6.45, 7) is 3.14. The summed E-state index contributed by atoms with van der Waals surface area (Å²) in [5, 5.41) is 0.531. The van der Waals surface area contributed by atoms with Gasteiger partial charge in [0, 0.05) is 60.4 Å². The molecule has 55 heavy (non-hydrogen) atoms. The molecule has 2 unspecified atom stereocenters. The van der Waals surface area contributed by atoms with Crippen molar-refractivity contribution in [2.24, 2.45) is 0 Å². The first-order valence-electron chi connectivity index (χ1n) is 17.1. The number of hydrogen-bond acceptors (Lipinski definition) is 2. The maximum atomic E-state index is 16.1. The molecule has 1 heterocycles. The number of aromatic nitrogens is 1. The molecule has 0 saturated heterocycles. The van der Waals surface area contributed by atoms with Crippen LogP contribution in [0.3, 0.4) is 0 Å². The molecule has 0 fully saturated rings. The van der Waals surface area contributed by atoms with Gasteiger partial charge in [0.1, 0.15) is 34.9 Å². The van der Waals surface area contributed by atoms with Crippen molar-refractivity contribution < 1.29 is 35.5 Å². The van der Waals surface area contributed by atoms with Crippen LogP contribution in [0.1, 0.15) is 11.1 Å². The zero-order valence-electron chi connectivity index (χ0n) is 29.2. The first-order chi connectivity index (χ1) is 26.2. The van der Waals surface area contributed by atoms with Gasteiger partial charge in [0.05, 0.1) is 11.0 Å². The highest BCUT2D eigenvalue weighted by Crippen LogP contribution is 2.48. The Kier molecular flexibility index (Phi) is 8.99. The number of benzene rings is 7. The van der Waals surface area contributed by atoms with Gasteiger partial charge >= 0.3 is 0 Å². The lowest BCUT2D eigenvalue weighted by molar-refractivity contribution is 0.580. The Morgan fingerprint density at radius 3 is 1.05 bits per heavy atom. The zero-order chi connectivity index (χ0) is 38.8. The monoisotopic (exact) mass is 779 g/mol. The largest absolute Gasteiger partial charge is 0.309 e. The van der Waals surface area contributed by atoms with Crippen molar-refractivity contribution in [1.29, 1.82) is 0 Å². The lowest BCUT2D eigenvalue weighted by Crippen LogP contribution is -2.32. The fourth-order valence-corrected chi connectivity index (χ4v) is 13.2. The Balaban J connectivity index is 1.58. The van der Waals surface area contributed by atoms with Crippen LogP contribution in [0.15, 0.2) is 140 Å². The molecule has 1 aromatic heterocycles. The van der Waals surface area contributed by atoms with Crippen LogP contribution in [0, 0.1) is 48.8 Å². The molecule has 8 aromatic rings. The van der Waals surface area contributed by atoms with E-state index in [4.69, 9.17) is 0 Å². The van der Waals surface area contributed by atoms with Crippen molar-refractivity contribution in [3.63, 3.8) is 0 Å². The minimum absolute atomic E-state index is 0.117. The maximum Gasteiger partial charge on any atom is 0.171 e. The Hall–Kier alpha value is -5.62. The van der Waals surface area contributed by atoms with Crippen LogP contribution in [0.25, 0.3) is 27.5 Å². The molecule has 0 spiro atoms. The molecule has 0 aliphatic heterocycles. The molecule has 0 bridgehead atoms. The van der Waals surface area contributed by atoms with Crippen LogP contribution >= 0.6 is 14.3 Å². The SMILES string of the molecule is Cc1cc(F)cc(P(=O)(c2cc(F)cc(F)c2)c2cc(-n3c4ccccc4c4ccccc43)cc(P(=O)(c3cc(C)cc(F)c3)c3cc(F)cc(F)c3)c2)c1. The number of para-hydroxylation sites is 2. The van der Waals surface area contributed by atoms with Crippen LogP contribution in [0.2, 0.25) is 0 Å². The lowest BCUT2D eigenvalue weighted by Gasteiger charge is -2.26.